The normalized spacial score (nSPS) is 11.8. The number of aryl methyl sites for hydroxylation is 1. The Morgan fingerprint density at radius 2 is 1.78 bits per heavy atom. The minimum absolute atomic E-state index is 0.104. The second-order valence-corrected chi connectivity index (χ2v) is 9.70. The van der Waals surface area contributed by atoms with Crippen molar-refractivity contribution in [1.82, 2.24) is 9.88 Å². The van der Waals surface area contributed by atoms with E-state index in [1.165, 1.54) is 6.08 Å². The molecule has 8 nitrogen and oxygen atoms in total. The van der Waals surface area contributed by atoms with E-state index >= 15 is 0 Å². The number of carbonyl (C=O) groups excluding carboxylic acids is 2. The van der Waals surface area contributed by atoms with Crippen LogP contribution in [0.3, 0.4) is 0 Å². The lowest BCUT2D eigenvalue weighted by Gasteiger charge is -2.12. The Hall–Kier alpha value is -3.95. The molecule has 1 heterocycles. The van der Waals surface area contributed by atoms with E-state index in [9.17, 15) is 14.7 Å². The van der Waals surface area contributed by atoms with Gasteiger partial charge in [-0.25, -0.2) is 0 Å². The Kier molecular flexibility index (Phi) is 7.75. The lowest BCUT2D eigenvalue weighted by molar-refractivity contribution is -0.115. The van der Waals surface area contributed by atoms with E-state index in [0.717, 1.165) is 10.2 Å². The summed E-state index contributed by atoms with van der Waals surface area (Å²) in [5.41, 5.74) is 2.60. The Labute approximate surface area is 227 Å². The molecule has 2 amide bonds. The van der Waals surface area contributed by atoms with Crippen LogP contribution in [0.25, 0.3) is 17.0 Å². The maximum Gasteiger partial charge on any atom is 0.311 e. The van der Waals surface area contributed by atoms with Gasteiger partial charge >= 0.3 is 5.91 Å². The van der Waals surface area contributed by atoms with Crippen LogP contribution in [0.2, 0.25) is 5.02 Å². The third kappa shape index (κ3) is 5.73. The van der Waals surface area contributed by atoms with Crippen LogP contribution in [0.15, 0.2) is 87.1 Å². The average Bonchev–Trinajstić information content (AvgIpc) is 3.11. The first-order chi connectivity index (χ1) is 17.7. The number of aromatic hydroxyl groups is 1. The van der Waals surface area contributed by atoms with Gasteiger partial charge in [-0.2, -0.15) is 0 Å². The van der Waals surface area contributed by atoms with Crippen LogP contribution in [0, 0.1) is 0 Å². The number of aromatic nitrogens is 1. The predicted octanol–water partition coefficient (Wildman–Crippen LogP) is 6.45. The van der Waals surface area contributed by atoms with Crippen molar-refractivity contribution >= 4 is 67.7 Å². The molecular weight excluding hydrogens is 558 g/mol. The molecule has 4 aromatic rings. The Morgan fingerprint density at radius 3 is 2.46 bits per heavy atom. The first kappa shape index (κ1) is 26.1. The molecule has 0 bridgehead atoms. The molecule has 10 heteroatoms. The topological polar surface area (TPSA) is 99.3 Å². The number of rotatable bonds is 6. The highest BCUT2D eigenvalue weighted by Crippen LogP contribution is 2.39. The standard InChI is InChI=1S/C27H23BrClN5O3/c1-33(2)18-11-8-16(9-12-18)14-22(30-25(35)19-6-4-5-7-21(19)29)26(36)32-31-24-20-15-17(28)10-13-23(20)34(3)27(24)37/h4-15,37H,1-3H3,(H,30,35). The number of hydrogen-bond donors (Lipinski definition) is 2. The fourth-order valence-corrected chi connectivity index (χ4v) is 4.24. The van der Waals surface area contributed by atoms with E-state index in [1.54, 1.807) is 41.9 Å². The molecule has 0 unspecified atom stereocenters. The molecule has 0 fully saturated rings. The van der Waals surface area contributed by atoms with Crippen molar-refractivity contribution in [1.29, 1.82) is 0 Å². The largest absolute Gasteiger partial charge is 0.493 e. The van der Waals surface area contributed by atoms with Gasteiger partial charge in [0.05, 0.1) is 16.1 Å². The summed E-state index contributed by atoms with van der Waals surface area (Å²) in [5.74, 6) is -1.51. The van der Waals surface area contributed by atoms with Crippen LogP contribution in [0.5, 0.6) is 5.88 Å². The molecule has 188 valence electrons. The van der Waals surface area contributed by atoms with Gasteiger partial charge in [0.1, 0.15) is 5.70 Å². The van der Waals surface area contributed by atoms with Crippen molar-refractivity contribution in [2.45, 2.75) is 0 Å². The molecule has 0 saturated heterocycles. The van der Waals surface area contributed by atoms with Gasteiger partial charge in [-0.15, -0.1) is 10.2 Å². The number of carbonyl (C=O) groups is 2. The molecular formula is C27H23BrClN5O3. The molecule has 0 radical (unpaired) electrons. The van der Waals surface area contributed by atoms with Crippen molar-refractivity contribution < 1.29 is 14.7 Å². The molecule has 0 aliphatic carbocycles. The van der Waals surface area contributed by atoms with Gasteiger partial charge in [-0.05, 0) is 54.1 Å². The van der Waals surface area contributed by atoms with E-state index in [-0.39, 0.29) is 27.9 Å². The Morgan fingerprint density at radius 1 is 1.08 bits per heavy atom. The van der Waals surface area contributed by atoms with Gasteiger partial charge in [0.25, 0.3) is 5.91 Å². The highest BCUT2D eigenvalue weighted by molar-refractivity contribution is 9.10. The number of azo groups is 1. The predicted molar refractivity (Wildman–Crippen MR) is 149 cm³/mol. The fourth-order valence-electron chi connectivity index (χ4n) is 3.65. The molecule has 3 aromatic carbocycles. The van der Waals surface area contributed by atoms with E-state index in [0.29, 0.717) is 16.5 Å². The maximum absolute atomic E-state index is 13.2. The number of benzene rings is 3. The molecule has 2 N–H and O–H groups in total. The van der Waals surface area contributed by atoms with Crippen molar-refractivity contribution in [3.05, 3.63) is 93.0 Å². The van der Waals surface area contributed by atoms with Gasteiger partial charge in [-0.3, -0.25) is 9.59 Å². The number of fused-ring (bicyclic) bond motifs is 1. The molecule has 4 rings (SSSR count). The molecule has 37 heavy (non-hydrogen) atoms. The summed E-state index contributed by atoms with van der Waals surface area (Å²) in [7, 11) is 5.52. The summed E-state index contributed by atoms with van der Waals surface area (Å²) in [6.07, 6.45) is 1.51. The first-order valence-electron chi connectivity index (χ1n) is 11.1. The summed E-state index contributed by atoms with van der Waals surface area (Å²) in [6, 6.07) is 19.3. The van der Waals surface area contributed by atoms with Gasteiger partial charge in [0.2, 0.25) is 5.88 Å². The van der Waals surface area contributed by atoms with E-state index in [2.05, 4.69) is 31.5 Å². The third-order valence-corrected chi connectivity index (χ3v) is 6.49. The summed E-state index contributed by atoms with van der Waals surface area (Å²) in [6.45, 7) is 0. The summed E-state index contributed by atoms with van der Waals surface area (Å²) >= 11 is 9.58. The van der Waals surface area contributed by atoms with Gasteiger partial charge in [0, 0.05) is 36.7 Å². The maximum atomic E-state index is 13.2. The number of hydrogen-bond acceptors (Lipinski definition) is 5. The molecule has 0 atom stereocenters. The number of halogens is 2. The fraction of sp³-hybridized carbons (Fsp3) is 0.111. The van der Waals surface area contributed by atoms with Crippen LogP contribution in [-0.4, -0.2) is 35.6 Å². The van der Waals surface area contributed by atoms with Crippen LogP contribution < -0.4 is 10.2 Å². The second kappa shape index (κ2) is 11.0. The van der Waals surface area contributed by atoms with Crippen LogP contribution in [0.1, 0.15) is 15.9 Å². The lowest BCUT2D eigenvalue weighted by Crippen LogP contribution is -2.26. The second-order valence-electron chi connectivity index (χ2n) is 8.38. The van der Waals surface area contributed by atoms with Crippen molar-refractivity contribution in [2.24, 2.45) is 17.3 Å². The molecule has 0 saturated carbocycles. The highest BCUT2D eigenvalue weighted by Gasteiger charge is 2.19. The van der Waals surface area contributed by atoms with Gasteiger partial charge in [0.15, 0.2) is 5.69 Å². The summed E-state index contributed by atoms with van der Waals surface area (Å²) < 4.78 is 2.32. The Balaban J connectivity index is 1.71. The molecule has 0 spiro atoms. The third-order valence-electron chi connectivity index (χ3n) is 5.66. The quantitative estimate of drug-likeness (QED) is 0.202. The SMILES string of the molecule is CN(C)c1ccc(C=C(NC(=O)c2ccccc2Cl)C(=O)N=Nc2c(O)n(C)c3ccc(Br)cc23)cc1. The Bertz CT molecular complexity index is 1560. The van der Waals surface area contributed by atoms with E-state index < -0.39 is 11.8 Å². The van der Waals surface area contributed by atoms with Crippen molar-refractivity contribution in [3.63, 3.8) is 0 Å². The average molecular weight is 581 g/mol. The van der Waals surface area contributed by atoms with Crippen molar-refractivity contribution in [2.75, 3.05) is 19.0 Å². The number of nitrogens with zero attached hydrogens (tertiary/aromatic N) is 4. The number of amides is 2. The van der Waals surface area contributed by atoms with Crippen molar-refractivity contribution in [3.8, 4) is 5.88 Å². The van der Waals surface area contributed by atoms with Crippen LogP contribution in [-0.2, 0) is 11.8 Å². The van der Waals surface area contributed by atoms with E-state index in [4.69, 9.17) is 11.6 Å². The molecule has 0 aliphatic heterocycles. The summed E-state index contributed by atoms with van der Waals surface area (Å²) in [4.78, 5) is 28.1. The molecule has 0 aliphatic rings. The minimum Gasteiger partial charge on any atom is -0.493 e. The first-order valence-corrected chi connectivity index (χ1v) is 12.3. The molecule has 1 aromatic heterocycles. The van der Waals surface area contributed by atoms with Crippen LogP contribution >= 0.6 is 27.5 Å². The minimum atomic E-state index is -0.802. The number of nitrogens with one attached hydrogen (secondary N) is 1. The zero-order chi connectivity index (χ0) is 26.7. The highest BCUT2D eigenvalue weighted by atomic mass is 79.9. The van der Waals surface area contributed by atoms with Crippen LogP contribution in [0.4, 0.5) is 11.4 Å². The van der Waals surface area contributed by atoms with Gasteiger partial charge in [-0.1, -0.05) is 51.8 Å². The summed E-state index contributed by atoms with van der Waals surface area (Å²) in [5, 5.41) is 21.9. The van der Waals surface area contributed by atoms with E-state index in [1.807, 2.05) is 55.4 Å². The zero-order valence-corrected chi connectivity index (χ0v) is 22.6. The lowest BCUT2D eigenvalue weighted by atomic mass is 10.1. The zero-order valence-electron chi connectivity index (χ0n) is 20.2. The number of anilines is 1. The smallest absolute Gasteiger partial charge is 0.311 e. The van der Waals surface area contributed by atoms with Gasteiger partial charge < -0.3 is 19.9 Å². The monoisotopic (exact) mass is 579 g/mol.